The highest BCUT2D eigenvalue weighted by molar-refractivity contribution is 5.80. The number of aliphatic imine (C=N–C) groups is 1. The first-order valence-electron chi connectivity index (χ1n) is 4.82. The van der Waals surface area contributed by atoms with Crippen LogP contribution in [0, 0.1) is 0 Å². The van der Waals surface area contributed by atoms with Crippen molar-refractivity contribution in [1.82, 2.24) is 0 Å². The lowest BCUT2D eigenvalue weighted by Gasteiger charge is -2.21. The van der Waals surface area contributed by atoms with Crippen molar-refractivity contribution >= 4 is 6.21 Å². The zero-order valence-electron chi connectivity index (χ0n) is 8.74. The van der Waals surface area contributed by atoms with Gasteiger partial charge in [0, 0.05) is 6.21 Å². The van der Waals surface area contributed by atoms with E-state index in [2.05, 4.69) is 4.99 Å². The number of rotatable bonds is 5. The largest absolute Gasteiger partial charge is 0.508 e. The van der Waals surface area contributed by atoms with Crippen LogP contribution in [0.2, 0.25) is 0 Å². The van der Waals surface area contributed by atoms with Gasteiger partial charge in [-0.2, -0.15) is 0 Å². The Balaban J connectivity index is 2.82. The van der Waals surface area contributed by atoms with Crippen LogP contribution in [0.5, 0.6) is 5.75 Å². The zero-order valence-corrected chi connectivity index (χ0v) is 8.74. The van der Waals surface area contributed by atoms with Crippen molar-refractivity contribution in [3.63, 3.8) is 0 Å². The molecule has 0 fully saturated rings. The van der Waals surface area contributed by atoms with Gasteiger partial charge < -0.3 is 20.4 Å². The molecule has 0 bridgehead atoms. The molecule has 5 nitrogen and oxygen atoms in total. The predicted octanol–water partition coefficient (Wildman–Crippen LogP) is -0.473. The molecule has 0 aliphatic rings. The van der Waals surface area contributed by atoms with Gasteiger partial charge in [0.05, 0.1) is 19.8 Å². The molecule has 0 aliphatic heterocycles. The van der Waals surface area contributed by atoms with Crippen LogP contribution in [0.1, 0.15) is 5.56 Å². The molecule has 0 atom stereocenters. The van der Waals surface area contributed by atoms with Gasteiger partial charge in [0.25, 0.3) is 0 Å². The van der Waals surface area contributed by atoms with E-state index in [1.54, 1.807) is 12.1 Å². The molecule has 16 heavy (non-hydrogen) atoms. The third-order valence-corrected chi connectivity index (χ3v) is 2.26. The van der Waals surface area contributed by atoms with Gasteiger partial charge in [-0.3, -0.25) is 4.99 Å². The van der Waals surface area contributed by atoms with Crippen LogP contribution in [-0.4, -0.2) is 52.0 Å². The third-order valence-electron chi connectivity index (χ3n) is 2.26. The lowest BCUT2D eigenvalue weighted by atomic mass is 10.1. The number of phenols is 1. The van der Waals surface area contributed by atoms with Gasteiger partial charge in [-0.1, -0.05) is 0 Å². The molecule has 0 aromatic heterocycles. The van der Waals surface area contributed by atoms with Crippen molar-refractivity contribution in [1.29, 1.82) is 0 Å². The van der Waals surface area contributed by atoms with Crippen molar-refractivity contribution < 1.29 is 20.4 Å². The summed E-state index contributed by atoms with van der Waals surface area (Å²) < 4.78 is 0. The van der Waals surface area contributed by atoms with E-state index in [0.29, 0.717) is 5.56 Å². The zero-order chi connectivity index (χ0) is 12.0. The van der Waals surface area contributed by atoms with Crippen LogP contribution in [0.3, 0.4) is 0 Å². The Morgan fingerprint density at radius 1 is 1.00 bits per heavy atom. The minimum Gasteiger partial charge on any atom is -0.508 e. The van der Waals surface area contributed by atoms with Gasteiger partial charge in [-0.25, -0.2) is 0 Å². The number of hydrogen-bond donors (Lipinski definition) is 4. The van der Waals surface area contributed by atoms with Crippen molar-refractivity contribution in [2.45, 2.75) is 5.54 Å². The Bertz CT molecular complexity index is 335. The number of phenolic OH excluding ortho intramolecular Hbond substituents is 1. The second-order valence-electron chi connectivity index (χ2n) is 3.55. The fraction of sp³-hybridized carbons (Fsp3) is 0.364. The number of aliphatic hydroxyl groups excluding tert-OH is 3. The van der Waals surface area contributed by atoms with E-state index in [4.69, 9.17) is 20.4 Å². The molecular weight excluding hydrogens is 210 g/mol. The quantitative estimate of drug-likeness (QED) is 0.509. The van der Waals surface area contributed by atoms with E-state index in [1.807, 2.05) is 0 Å². The van der Waals surface area contributed by atoms with Crippen LogP contribution in [-0.2, 0) is 0 Å². The maximum atomic E-state index is 9.06. The summed E-state index contributed by atoms with van der Waals surface area (Å²) in [7, 11) is 0. The minimum atomic E-state index is -1.25. The molecule has 0 saturated heterocycles. The van der Waals surface area contributed by atoms with E-state index in [1.165, 1.54) is 18.3 Å². The summed E-state index contributed by atoms with van der Waals surface area (Å²) >= 11 is 0. The minimum absolute atomic E-state index is 0.148. The molecule has 5 heteroatoms. The molecule has 4 N–H and O–H groups in total. The molecule has 0 spiro atoms. The fourth-order valence-corrected chi connectivity index (χ4v) is 1.04. The van der Waals surface area contributed by atoms with Crippen LogP contribution in [0.15, 0.2) is 29.3 Å². The van der Waals surface area contributed by atoms with Gasteiger partial charge in [0.15, 0.2) is 0 Å². The standard InChI is InChI=1S/C11H15NO4/c13-6-11(7-14,8-15)12-5-9-1-3-10(16)4-2-9/h1-5,13-16H,6-8H2. The van der Waals surface area contributed by atoms with Gasteiger partial charge in [-0.15, -0.1) is 0 Å². The van der Waals surface area contributed by atoms with E-state index >= 15 is 0 Å². The van der Waals surface area contributed by atoms with Crippen LogP contribution < -0.4 is 0 Å². The lowest BCUT2D eigenvalue weighted by Crippen LogP contribution is -2.39. The fourth-order valence-electron chi connectivity index (χ4n) is 1.04. The summed E-state index contributed by atoms with van der Waals surface area (Å²) in [5, 5.41) is 36.1. The number of hydrogen-bond acceptors (Lipinski definition) is 5. The Labute approximate surface area is 93.3 Å². The van der Waals surface area contributed by atoms with E-state index in [0.717, 1.165) is 0 Å². The molecule has 0 radical (unpaired) electrons. The lowest BCUT2D eigenvalue weighted by molar-refractivity contribution is 0.0718. The average molecular weight is 225 g/mol. The van der Waals surface area contributed by atoms with E-state index in [-0.39, 0.29) is 5.75 Å². The monoisotopic (exact) mass is 225 g/mol. The Morgan fingerprint density at radius 2 is 1.50 bits per heavy atom. The van der Waals surface area contributed by atoms with Gasteiger partial charge in [0.1, 0.15) is 11.3 Å². The summed E-state index contributed by atoms with van der Waals surface area (Å²) in [6.07, 6.45) is 1.43. The highest BCUT2D eigenvalue weighted by Gasteiger charge is 2.25. The van der Waals surface area contributed by atoms with Crippen molar-refractivity contribution in [3.05, 3.63) is 29.8 Å². The highest BCUT2D eigenvalue weighted by Crippen LogP contribution is 2.11. The summed E-state index contributed by atoms with van der Waals surface area (Å²) in [4.78, 5) is 3.95. The molecule has 0 heterocycles. The summed E-state index contributed by atoms with van der Waals surface area (Å²) in [6.45, 7) is -1.31. The third kappa shape index (κ3) is 3.03. The second kappa shape index (κ2) is 5.60. The topological polar surface area (TPSA) is 93.3 Å². The van der Waals surface area contributed by atoms with Gasteiger partial charge in [0.2, 0.25) is 0 Å². The predicted molar refractivity (Wildman–Crippen MR) is 59.7 cm³/mol. The van der Waals surface area contributed by atoms with Gasteiger partial charge in [-0.05, 0) is 29.8 Å². The highest BCUT2D eigenvalue weighted by atomic mass is 16.3. The molecule has 0 unspecified atom stereocenters. The first kappa shape index (κ1) is 12.6. The molecule has 0 aliphatic carbocycles. The number of nitrogens with zero attached hydrogens (tertiary/aromatic N) is 1. The second-order valence-corrected chi connectivity index (χ2v) is 3.55. The Morgan fingerprint density at radius 3 is 1.94 bits per heavy atom. The van der Waals surface area contributed by atoms with Crippen molar-refractivity contribution in [3.8, 4) is 5.75 Å². The normalized spacial score (nSPS) is 12.2. The van der Waals surface area contributed by atoms with Crippen molar-refractivity contribution in [2.24, 2.45) is 4.99 Å². The summed E-state index contributed by atoms with van der Waals surface area (Å²) in [5.74, 6) is 0.148. The summed E-state index contributed by atoms with van der Waals surface area (Å²) in [6, 6.07) is 6.27. The Hall–Kier alpha value is -1.43. The maximum Gasteiger partial charge on any atom is 0.129 e. The molecule has 88 valence electrons. The number of aromatic hydroxyl groups is 1. The van der Waals surface area contributed by atoms with Gasteiger partial charge >= 0.3 is 0 Å². The molecular formula is C11H15NO4. The molecule has 0 saturated carbocycles. The molecule has 0 amide bonds. The number of benzene rings is 1. The van der Waals surface area contributed by atoms with E-state index in [9.17, 15) is 0 Å². The molecule has 1 aromatic carbocycles. The average Bonchev–Trinajstić information content (AvgIpc) is 2.34. The van der Waals surface area contributed by atoms with Crippen LogP contribution in [0.4, 0.5) is 0 Å². The molecule has 1 rings (SSSR count). The summed E-state index contributed by atoms with van der Waals surface area (Å²) in [5.41, 5.74) is -0.546. The SMILES string of the molecule is OCC(CO)(CO)N=Cc1ccc(O)cc1. The Kier molecular flexibility index (Phi) is 4.42. The van der Waals surface area contributed by atoms with Crippen LogP contribution >= 0.6 is 0 Å². The number of aliphatic hydroxyl groups is 3. The first-order chi connectivity index (χ1) is 7.65. The maximum absolute atomic E-state index is 9.06. The van der Waals surface area contributed by atoms with Crippen molar-refractivity contribution in [2.75, 3.05) is 19.8 Å². The van der Waals surface area contributed by atoms with E-state index < -0.39 is 25.4 Å². The van der Waals surface area contributed by atoms with Crippen LogP contribution in [0.25, 0.3) is 0 Å². The smallest absolute Gasteiger partial charge is 0.129 e. The molecule has 1 aromatic rings. The first-order valence-corrected chi connectivity index (χ1v) is 4.82.